The van der Waals surface area contributed by atoms with E-state index in [0.29, 0.717) is 17.4 Å². The van der Waals surface area contributed by atoms with Crippen LogP contribution in [0, 0.1) is 0 Å². The molecular formula is C8H13N3OS. The molecule has 0 bridgehead atoms. The predicted molar refractivity (Wildman–Crippen MR) is 54.6 cm³/mol. The van der Waals surface area contributed by atoms with Gasteiger partial charge < -0.3 is 15.0 Å². The van der Waals surface area contributed by atoms with Crippen molar-refractivity contribution in [2.75, 3.05) is 7.11 Å². The van der Waals surface area contributed by atoms with Crippen LogP contribution in [0.2, 0.25) is 0 Å². The second kappa shape index (κ2) is 4.34. The molecule has 0 spiro atoms. The van der Waals surface area contributed by atoms with Gasteiger partial charge in [0.1, 0.15) is 4.99 Å². The van der Waals surface area contributed by atoms with Crippen LogP contribution in [0.25, 0.3) is 0 Å². The van der Waals surface area contributed by atoms with Gasteiger partial charge in [0.05, 0.1) is 12.6 Å². The molecule has 0 aromatic carbocycles. The van der Waals surface area contributed by atoms with Crippen LogP contribution in [0.3, 0.4) is 0 Å². The zero-order valence-electron chi connectivity index (χ0n) is 7.73. The number of aromatic nitrogens is 2. The zero-order valence-corrected chi connectivity index (χ0v) is 8.54. The fourth-order valence-corrected chi connectivity index (χ4v) is 1.20. The predicted octanol–water partition coefficient (Wildman–Crippen LogP) is 0.552. The number of hydrogen-bond acceptors (Lipinski definition) is 3. The fraction of sp³-hybridized carbons (Fsp3) is 0.500. The third-order valence-corrected chi connectivity index (χ3v) is 1.97. The minimum atomic E-state index is 0.127. The summed E-state index contributed by atoms with van der Waals surface area (Å²) in [7, 11) is 1.67. The molecule has 1 aromatic heterocycles. The summed E-state index contributed by atoms with van der Waals surface area (Å²) in [5.41, 5.74) is 5.48. The monoisotopic (exact) mass is 199 g/mol. The van der Waals surface area contributed by atoms with Crippen molar-refractivity contribution in [1.82, 2.24) is 9.55 Å². The summed E-state index contributed by atoms with van der Waals surface area (Å²) in [5.74, 6) is 0.638. The molecule has 1 atom stereocenters. The fourth-order valence-electron chi connectivity index (χ4n) is 1.03. The first kappa shape index (κ1) is 10.1. The molecule has 72 valence electrons. The van der Waals surface area contributed by atoms with Crippen LogP contribution in [-0.4, -0.2) is 27.8 Å². The van der Waals surface area contributed by atoms with E-state index in [2.05, 4.69) is 4.98 Å². The summed E-state index contributed by atoms with van der Waals surface area (Å²) in [6.07, 6.45) is 3.64. The number of rotatable bonds is 4. The highest BCUT2D eigenvalue weighted by molar-refractivity contribution is 7.80. The van der Waals surface area contributed by atoms with Gasteiger partial charge >= 0.3 is 0 Å². The van der Waals surface area contributed by atoms with Crippen molar-refractivity contribution in [1.29, 1.82) is 0 Å². The number of nitrogens with two attached hydrogens (primary N) is 1. The van der Waals surface area contributed by atoms with Crippen molar-refractivity contribution in [3.8, 4) is 0 Å². The van der Waals surface area contributed by atoms with E-state index in [-0.39, 0.29) is 6.10 Å². The van der Waals surface area contributed by atoms with Gasteiger partial charge in [-0.2, -0.15) is 0 Å². The number of methoxy groups -OCH3 is 1. The number of nitrogens with zero attached hydrogens (tertiary/aromatic N) is 2. The molecule has 0 fully saturated rings. The first-order valence-corrected chi connectivity index (χ1v) is 4.39. The highest BCUT2D eigenvalue weighted by Crippen LogP contribution is 2.01. The van der Waals surface area contributed by atoms with E-state index in [1.807, 2.05) is 17.7 Å². The van der Waals surface area contributed by atoms with Crippen LogP contribution in [0.1, 0.15) is 12.7 Å². The van der Waals surface area contributed by atoms with E-state index in [9.17, 15) is 0 Å². The smallest absolute Gasteiger partial charge is 0.167 e. The van der Waals surface area contributed by atoms with Crippen LogP contribution < -0.4 is 5.73 Å². The summed E-state index contributed by atoms with van der Waals surface area (Å²) in [5, 5.41) is 0. The maximum absolute atomic E-state index is 5.48. The van der Waals surface area contributed by atoms with Gasteiger partial charge in [-0.05, 0) is 6.92 Å². The third-order valence-electron chi connectivity index (χ3n) is 1.79. The Bertz CT molecular complexity index is 297. The van der Waals surface area contributed by atoms with Gasteiger partial charge in [-0.25, -0.2) is 4.98 Å². The zero-order chi connectivity index (χ0) is 9.84. The molecule has 1 heterocycles. The van der Waals surface area contributed by atoms with Crippen molar-refractivity contribution in [2.24, 2.45) is 5.73 Å². The Morgan fingerprint density at radius 1 is 1.85 bits per heavy atom. The normalized spacial score (nSPS) is 12.8. The van der Waals surface area contributed by atoms with E-state index in [1.165, 1.54) is 0 Å². The van der Waals surface area contributed by atoms with Crippen molar-refractivity contribution >= 4 is 17.2 Å². The standard InChI is InChI=1S/C8H13N3OS/c1-6(12-2)5-11-4-3-10-8(11)7(9)13/h3-4,6H,5H2,1-2H3,(H2,9,13). The second-order valence-corrected chi connectivity index (χ2v) is 3.25. The topological polar surface area (TPSA) is 53.1 Å². The average molecular weight is 199 g/mol. The lowest BCUT2D eigenvalue weighted by Gasteiger charge is -2.11. The van der Waals surface area contributed by atoms with Crippen LogP contribution in [0.5, 0.6) is 0 Å². The van der Waals surface area contributed by atoms with Crippen LogP contribution in [-0.2, 0) is 11.3 Å². The molecule has 1 rings (SSSR count). The number of thiocarbonyl (C=S) groups is 1. The lowest BCUT2D eigenvalue weighted by Crippen LogP contribution is -2.21. The highest BCUT2D eigenvalue weighted by atomic mass is 32.1. The summed E-state index contributed by atoms with van der Waals surface area (Å²) >= 11 is 4.85. The van der Waals surface area contributed by atoms with Crippen LogP contribution in [0.15, 0.2) is 12.4 Å². The molecule has 0 aliphatic carbocycles. The van der Waals surface area contributed by atoms with Crippen molar-refractivity contribution < 1.29 is 4.74 Å². The first-order chi connectivity index (χ1) is 6.15. The minimum Gasteiger partial charge on any atom is -0.387 e. The molecule has 1 aromatic rings. The Balaban J connectivity index is 2.76. The van der Waals surface area contributed by atoms with Crippen molar-refractivity contribution in [3.05, 3.63) is 18.2 Å². The summed E-state index contributed by atoms with van der Waals surface area (Å²) in [4.78, 5) is 4.36. The molecule has 0 saturated carbocycles. The van der Waals surface area contributed by atoms with Crippen LogP contribution >= 0.6 is 12.2 Å². The lowest BCUT2D eigenvalue weighted by atomic mass is 10.4. The van der Waals surface area contributed by atoms with Gasteiger partial charge in [-0.3, -0.25) is 0 Å². The third kappa shape index (κ3) is 2.50. The molecule has 0 aliphatic heterocycles. The van der Waals surface area contributed by atoms with E-state index >= 15 is 0 Å². The Kier molecular flexibility index (Phi) is 3.39. The summed E-state index contributed by atoms with van der Waals surface area (Å²) < 4.78 is 7.01. The van der Waals surface area contributed by atoms with E-state index in [1.54, 1.807) is 13.3 Å². The Labute approximate surface area is 82.7 Å². The SMILES string of the molecule is COC(C)Cn1ccnc1C(N)=S. The van der Waals surface area contributed by atoms with Crippen molar-refractivity contribution in [2.45, 2.75) is 19.6 Å². The Morgan fingerprint density at radius 2 is 2.54 bits per heavy atom. The first-order valence-electron chi connectivity index (χ1n) is 3.99. The van der Waals surface area contributed by atoms with Crippen LogP contribution in [0.4, 0.5) is 0 Å². The highest BCUT2D eigenvalue weighted by Gasteiger charge is 2.07. The molecule has 5 heteroatoms. The molecule has 4 nitrogen and oxygen atoms in total. The lowest BCUT2D eigenvalue weighted by molar-refractivity contribution is 0.103. The molecule has 0 radical (unpaired) electrons. The van der Waals surface area contributed by atoms with Gasteiger partial charge in [-0.15, -0.1) is 0 Å². The largest absolute Gasteiger partial charge is 0.387 e. The quantitative estimate of drug-likeness (QED) is 0.720. The van der Waals surface area contributed by atoms with Gasteiger partial charge in [0.15, 0.2) is 5.82 Å². The summed E-state index contributed by atoms with van der Waals surface area (Å²) in [6.45, 7) is 2.69. The van der Waals surface area contributed by atoms with E-state index in [0.717, 1.165) is 0 Å². The second-order valence-electron chi connectivity index (χ2n) is 2.81. The van der Waals surface area contributed by atoms with Gasteiger partial charge in [0.2, 0.25) is 0 Å². The molecule has 0 aliphatic rings. The maximum atomic E-state index is 5.48. The average Bonchev–Trinajstić information content (AvgIpc) is 2.52. The molecule has 0 saturated heterocycles. The number of hydrogen-bond donors (Lipinski definition) is 1. The molecular weight excluding hydrogens is 186 g/mol. The number of imidazole rings is 1. The van der Waals surface area contributed by atoms with Gasteiger partial charge in [-0.1, -0.05) is 12.2 Å². The van der Waals surface area contributed by atoms with Gasteiger partial charge in [0.25, 0.3) is 0 Å². The van der Waals surface area contributed by atoms with E-state index < -0.39 is 0 Å². The Morgan fingerprint density at radius 3 is 3.08 bits per heavy atom. The van der Waals surface area contributed by atoms with Crippen molar-refractivity contribution in [3.63, 3.8) is 0 Å². The molecule has 0 amide bonds. The maximum Gasteiger partial charge on any atom is 0.167 e. The van der Waals surface area contributed by atoms with Gasteiger partial charge in [0, 0.05) is 19.5 Å². The van der Waals surface area contributed by atoms with E-state index in [4.69, 9.17) is 22.7 Å². The number of ether oxygens (including phenoxy) is 1. The summed E-state index contributed by atoms with van der Waals surface area (Å²) in [6, 6.07) is 0. The minimum absolute atomic E-state index is 0.127. The molecule has 2 N–H and O–H groups in total. The molecule has 1 unspecified atom stereocenters. The Hall–Kier alpha value is -0.940. The molecule has 13 heavy (non-hydrogen) atoms.